The Hall–Kier alpha value is -1.50. The van der Waals surface area contributed by atoms with E-state index in [-0.39, 0.29) is 18.2 Å². The van der Waals surface area contributed by atoms with E-state index in [0.717, 1.165) is 18.6 Å². The topological polar surface area (TPSA) is 57.2 Å². The van der Waals surface area contributed by atoms with Crippen molar-refractivity contribution in [2.24, 2.45) is 0 Å². The number of halogens is 3. The van der Waals surface area contributed by atoms with Crippen molar-refractivity contribution in [3.05, 3.63) is 17.7 Å². The standard InChI is InChI=1S/C13H18F3N3O/c1-2-17-10-6-9(13(14,15)16)7-11(19-10)18-8-12(20)4-3-5-12/h6-7,20H,2-5,8H2,1H3,(H2,17,18,19). The maximum atomic E-state index is 12.8. The van der Waals surface area contributed by atoms with Crippen LogP contribution in [-0.2, 0) is 6.18 Å². The normalized spacial score (nSPS) is 17.4. The molecule has 0 aromatic carbocycles. The quantitative estimate of drug-likeness (QED) is 0.780. The molecule has 2 rings (SSSR count). The molecule has 112 valence electrons. The summed E-state index contributed by atoms with van der Waals surface area (Å²) < 4.78 is 38.4. The van der Waals surface area contributed by atoms with Crippen molar-refractivity contribution in [2.75, 3.05) is 23.7 Å². The lowest BCUT2D eigenvalue weighted by molar-refractivity contribution is -0.137. The number of hydrogen-bond donors (Lipinski definition) is 3. The fourth-order valence-electron chi connectivity index (χ4n) is 2.07. The summed E-state index contributed by atoms with van der Waals surface area (Å²) in [6.07, 6.45) is -2.15. The zero-order valence-corrected chi connectivity index (χ0v) is 11.2. The summed E-state index contributed by atoms with van der Waals surface area (Å²) in [5.41, 5.74) is -1.57. The van der Waals surface area contributed by atoms with Crippen LogP contribution in [-0.4, -0.2) is 28.8 Å². The third-order valence-electron chi connectivity index (χ3n) is 3.39. The van der Waals surface area contributed by atoms with E-state index in [1.165, 1.54) is 0 Å². The van der Waals surface area contributed by atoms with Crippen molar-refractivity contribution in [3.63, 3.8) is 0 Å². The summed E-state index contributed by atoms with van der Waals surface area (Å²) in [5, 5.41) is 15.5. The fourth-order valence-corrected chi connectivity index (χ4v) is 2.07. The van der Waals surface area contributed by atoms with E-state index in [1.807, 2.05) is 0 Å². The molecule has 20 heavy (non-hydrogen) atoms. The van der Waals surface area contributed by atoms with Gasteiger partial charge in [0.15, 0.2) is 0 Å². The lowest BCUT2D eigenvalue weighted by Gasteiger charge is -2.36. The molecule has 4 nitrogen and oxygen atoms in total. The molecule has 1 aliphatic rings. The van der Waals surface area contributed by atoms with Gasteiger partial charge in [0.1, 0.15) is 11.6 Å². The molecule has 0 spiro atoms. The van der Waals surface area contributed by atoms with Crippen LogP contribution in [0.5, 0.6) is 0 Å². The van der Waals surface area contributed by atoms with E-state index >= 15 is 0 Å². The Bertz CT molecular complexity index is 472. The molecule has 1 aromatic rings. The SMILES string of the molecule is CCNc1cc(C(F)(F)F)cc(NCC2(O)CCC2)n1. The first kappa shape index (κ1) is 14.9. The molecule has 1 aliphatic carbocycles. The summed E-state index contributed by atoms with van der Waals surface area (Å²) >= 11 is 0. The number of aromatic nitrogens is 1. The highest BCUT2D eigenvalue weighted by Gasteiger charge is 2.35. The van der Waals surface area contributed by atoms with Gasteiger partial charge in [0, 0.05) is 13.1 Å². The molecular formula is C13H18F3N3O. The second-order valence-corrected chi connectivity index (χ2v) is 5.09. The predicted molar refractivity (Wildman–Crippen MR) is 70.7 cm³/mol. The van der Waals surface area contributed by atoms with Crippen LogP contribution in [0.2, 0.25) is 0 Å². The van der Waals surface area contributed by atoms with Crippen LogP contribution in [0.3, 0.4) is 0 Å². The third-order valence-corrected chi connectivity index (χ3v) is 3.39. The first-order valence-electron chi connectivity index (χ1n) is 6.62. The molecule has 0 aliphatic heterocycles. The van der Waals surface area contributed by atoms with Gasteiger partial charge >= 0.3 is 6.18 Å². The van der Waals surface area contributed by atoms with Gasteiger partial charge in [-0.3, -0.25) is 0 Å². The van der Waals surface area contributed by atoms with Crippen LogP contribution in [0.25, 0.3) is 0 Å². The zero-order chi connectivity index (χ0) is 14.8. The van der Waals surface area contributed by atoms with E-state index in [9.17, 15) is 18.3 Å². The molecule has 1 heterocycles. The van der Waals surface area contributed by atoms with Crippen molar-refractivity contribution in [1.29, 1.82) is 0 Å². The third kappa shape index (κ3) is 3.53. The Balaban J connectivity index is 2.15. The molecule has 1 saturated carbocycles. The Morgan fingerprint density at radius 2 is 1.85 bits per heavy atom. The van der Waals surface area contributed by atoms with E-state index in [2.05, 4.69) is 15.6 Å². The number of nitrogens with zero attached hydrogens (tertiary/aromatic N) is 1. The Labute approximate surface area is 115 Å². The molecule has 7 heteroatoms. The number of anilines is 2. The van der Waals surface area contributed by atoms with Crippen LogP contribution in [0, 0.1) is 0 Å². The molecular weight excluding hydrogens is 271 g/mol. The van der Waals surface area contributed by atoms with Crippen LogP contribution >= 0.6 is 0 Å². The highest BCUT2D eigenvalue weighted by atomic mass is 19.4. The van der Waals surface area contributed by atoms with Crippen molar-refractivity contribution < 1.29 is 18.3 Å². The minimum absolute atomic E-state index is 0.121. The number of hydrogen-bond acceptors (Lipinski definition) is 4. The van der Waals surface area contributed by atoms with Crippen molar-refractivity contribution in [3.8, 4) is 0 Å². The monoisotopic (exact) mass is 289 g/mol. The Kier molecular flexibility index (Phi) is 4.08. The van der Waals surface area contributed by atoms with E-state index in [0.29, 0.717) is 19.4 Å². The average molecular weight is 289 g/mol. The van der Waals surface area contributed by atoms with Gasteiger partial charge in [-0.05, 0) is 38.3 Å². The number of nitrogens with one attached hydrogen (secondary N) is 2. The molecule has 0 radical (unpaired) electrons. The molecule has 1 aromatic heterocycles. The second kappa shape index (κ2) is 5.47. The maximum Gasteiger partial charge on any atom is 0.416 e. The van der Waals surface area contributed by atoms with Crippen LogP contribution < -0.4 is 10.6 Å². The Morgan fingerprint density at radius 1 is 1.25 bits per heavy atom. The van der Waals surface area contributed by atoms with Gasteiger partial charge in [-0.2, -0.15) is 13.2 Å². The highest BCUT2D eigenvalue weighted by molar-refractivity contribution is 5.50. The predicted octanol–water partition coefficient (Wildman–Crippen LogP) is 2.86. The van der Waals surface area contributed by atoms with E-state index in [4.69, 9.17) is 0 Å². The molecule has 0 bridgehead atoms. The highest BCUT2D eigenvalue weighted by Crippen LogP contribution is 2.34. The van der Waals surface area contributed by atoms with Crippen LogP contribution in [0.4, 0.5) is 24.8 Å². The summed E-state index contributed by atoms with van der Waals surface area (Å²) in [5.74, 6) is 0.293. The zero-order valence-electron chi connectivity index (χ0n) is 11.2. The van der Waals surface area contributed by atoms with Crippen molar-refractivity contribution >= 4 is 11.6 Å². The summed E-state index contributed by atoms with van der Waals surface area (Å²) in [6, 6.07) is 1.94. The van der Waals surface area contributed by atoms with Crippen molar-refractivity contribution in [2.45, 2.75) is 38.0 Å². The first-order chi connectivity index (χ1) is 9.32. The molecule has 3 N–H and O–H groups in total. The second-order valence-electron chi connectivity index (χ2n) is 5.09. The Morgan fingerprint density at radius 3 is 2.30 bits per heavy atom. The number of pyridine rings is 1. The summed E-state index contributed by atoms with van der Waals surface area (Å²) in [6.45, 7) is 2.48. The summed E-state index contributed by atoms with van der Waals surface area (Å²) in [7, 11) is 0. The van der Waals surface area contributed by atoms with E-state index in [1.54, 1.807) is 6.92 Å². The smallest absolute Gasteiger partial charge is 0.388 e. The molecule has 0 saturated heterocycles. The summed E-state index contributed by atoms with van der Waals surface area (Å²) in [4.78, 5) is 4.06. The van der Waals surface area contributed by atoms with Gasteiger partial charge in [-0.1, -0.05) is 0 Å². The molecule has 0 unspecified atom stereocenters. The average Bonchev–Trinajstić information content (AvgIpc) is 2.33. The van der Waals surface area contributed by atoms with Gasteiger partial charge < -0.3 is 15.7 Å². The molecule has 0 amide bonds. The van der Waals surface area contributed by atoms with Crippen LogP contribution in [0.1, 0.15) is 31.7 Å². The van der Waals surface area contributed by atoms with E-state index < -0.39 is 17.3 Å². The van der Waals surface area contributed by atoms with Gasteiger partial charge in [0.2, 0.25) is 0 Å². The largest absolute Gasteiger partial charge is 0.416 e. The van der Waals surface area contributed by atoms with Gasteiger partial charge in [-0.15, -0.1) is 0 Å². The molecule has 0 atom stereocenters. The number of aliphatic hydroxyl groups is 1. The lowest BCUT2D eigenvalue weighted by Crippen LogP contribution is -2.43. The van der Waals surface area contributed by atoms with Crippen LogP contribution in [0.15, 0.2) is 12.1 Å². The van der Waals surface area contributed by atoms with Gasteiger partial charge in [0.25, 0.3) is 0 Å². The van der Waals surface area contributed by atoms with Crippen molar-refractivity contribution in [1.82, 2.24) is 4.98 Å². The minimum Gasteiger partial charge on any atom is -0.388 e. The number of rotatable bonds is 5. The fraction of sp³-hybridized carbons (Fsp3) is 0.615. The van der Waals surface area contributed by atoms with Gasteiger partial charge in [0.05, 0.1) is 11.2 Å². The number of alkyl halides is 3. The van der Waals surface area contributed by atoms with Gasteiger partial charge in [-0.25, -0.2) is 4.98 Å². The maximum absolute atomic E-state index is 12.8. The molecule has 1 fully saturated rings. The first-order valence-corrected chi connectivity index (χ1v) is 6.62. The lowest BCUT2D eigenvalue weighted by atomic mass is 9.80. The minimum atomic E-state index is -4.42.